The van der Waals surface area contributed by atoms with Gasteiger partial charge in [0.1, 0.15) is 11.3 Å². The summed E-state index contributed by atoms with van der Waals surface area (Å²) in [4.78, 5) is 2.40. The standard InChI is InChI=1S/C29H28N2O/c1-22(30)20-23-12-11-19-27-28(23)32-21-31(27)29(24-13-5-2-6-14-24,25-15-7-3-8-16-25)26-17-9-4-10-18-26/h2-19,22H,20-21,30H2,1H3/t22-/m1/s1. The number of hydrogen-bond donors (Lipinski definition) is 1. The average Bonchev–Trinajstić information content (AvgIpc) is 3.27. The molecule has 160 valence electrons. The highest BCUT2D eigenvalue weighted by Gasteiger charge is 2.45. The van der Waals surface area contributed by atoms with Gasteiger partial charge in [-0.25, -0.2) is 0 Å². The number of ether oxygens (including phenoxy) is 1. The Kier molecular flexibility index (Phi) is 5.42. The molecule has 4 aromatic carbocycles. The molecule has 0 saturated heterocycles. The summed E-state index contributed by atoms with van der Waals surface area (Å²) < 4.78 is 6.38. The molecule has 0 bridgehead atoms. The fourth-order valence-electron chi connectivity index (χ4n) is 4.94. The van der Waals surface area contributed by atoms with Gasteiger partial charge in [0.15, 0.2) is 6.73 Å². The van der Waals surface area contributed by atoms with E-state index < -0.39 is 5.54 Å². The van der Waals surface area contributed by atoms with E-state index in [0.29, 0.717) is 6.73 Å². The minimum Gasteiger partial charge on any atom is -0.471 e. The lowest BCUT2D eigenvalue weighted by atomic mass is 9.75. The van der Waals surface area contributed by atoms with Gasteiger partial charge in [0, 0.05) is 6.04 Å². The smallest absolute Gasteiger partial charge is 0.162 e. The summed E-state index contributed by atoms with van der Waals surface area (Å²) in [5.74, 6) is 0.942. The van der Waals surface area contributed by atoms with Crippen LogP contribution in [0.1, 0.15) is 29.2 Å². The van der Waals surface area contributed by atoms with Crippen LogP contribution in [0.2, 0.25) is 0 Å². The van der Waals surface area contributed by atoms with E-state index >= 15 is 0 Å². The van der Waals surface area contributed by atoms with Gasteiger partial charge in [0.05, 0.1) is 5.69 Å². The minimum atomic E-state index is -0.540. The van der Waals surface area contributed by atoms with Crippen molar-refractivity contribution in [1.29, 1.82) is 0 Å². The van der Waals surface area contributed by atoms with Gasteiger partial charge in [0.25, 0.3) is 0 Å². The Morgan fingerprint density at radius 1 is 0.750 bits per heavy atom. The van der Waals surface area contributed by atoms with E-state index in [9.17, 15) is 0 Å². The Morgan fingerprint density at radius 3 is 1.72 bits per heavy atom. The van der Waals surface area contributed by atoms with E-state index in [-0.39, 0.29) is 6.04 Å². The van der Waals surface area contributed by atoms with E-state index in [2.05, 4.69) is 114 Å². The first kappa shape index (κ1) is 20.3. The summed E-state index contributed by atoms with van der Waals surface area (Å²) in [6, 6.07) is 38.6. The van der Waals surface area contributed by atoms with Crippen molar-refractivity contribution in [2.24, 2.45) is 5.73 Å². The van der Waals surface area contributed by atoms with Crippen LogP contribution in [0.15, 0.2) is 109 Å². The lowest BCUT2D eigenvalue weighted by Gasteiger charge is -2.44. The van der Waals surface area contributed by atoms with Crippen molar-refractivity contribution in [3.8, 4) is 5.75 Å². The molecule has 3 nitrogen and oxygen atoms in total. The molecule has 1 aliphatic heterocycles. The third-order valence-electron chi connectivity index (χ3n) is 6.23. The second-order valence-electron chi connectivity index (χ2n) is 8.46. The summed E-state index contributed by atoms with van der Waals surface area (Å²) in [6.45, 7) is 2.50. The predicted octanol–water partition coefficient (Wildman–Crippen LogP) is 5.72. The van der Waals surface area contributed by atoms with Crippen LogP contribution in [-0.2, 0) is 12.0 Å². The number of hydrogen-bond acceptors (Lipinski definition) is 3. The lowest BCUT2D eigenvalue weighted by molar-refractivity contribution is 0.321. The topological polar surface area (TPSA) is 38.5 Å². The van der Waals surface area contributed by atoms with Gasteiger partial charge >= 0.3 is 0 Å². The number of nitrogens with two attached hydrogens (primary N) is 1. The molecule has 0 unspecified atom stereocenters. The predicted molar refractivity (Wildman–Crippen MR) is 131 cm³/mol. The highest BCUT2D eigenvalue weighted by molar-refractivity contribution is 5.71. The quantitative estimate of drug-likeness (QED) is 0.405. The molecular formula is C29H28N2O. The SMILES string of the molecule is C[C@@H](N)Cc1cccc2c1OCN2C(c1ccccc1)(c1ccccc1)c1ccccc1. The first-order chi connectivity index (χ1) is 15.7. The maximum atomic E-state index is 6.38. The third kappa shape index (κ3) is 3.35. The van der Waals surface area contributed by atoms with Crippen LogP contribution in [0.3, 0.4) is 0 Å². The first-order valence-electron chi connectivity index (χ1n) is 11.2. The summed E-state index contributed by atoms with van der Waals surface area (Å²) in [5.41, 5.74) is 11.5. The molecule has 1 aliphatic rings. The number of nitrogens with zero attached hydrogens (tertiary/aromatic N) is 1. The van der Waals surface area contributed by atoms with Gasteiger partial charge < -0.3 is 15.4 Å². The Hall–Kier alpha value is -3.56. The molecule has 0 fully saturated rings. The van der Waals surface area contributed by atoms with Crippen LogP contribution in [0, 0.1) is 0 Å². The van der Waals surface area contributed by atoms with Crippen molar-refractivity contribution in [3.63, 3.8) is 0 Å². The van der Waals surface area contributed by atoms with Gasteiger partial charge in [-0.2, -0.15) is 0 Å². The van der Waals surface area contributed by atoms with Crippen LogP contribution in [-0.4, -0.2) is 12.8 Å². The fraction of sp³-hybridized carbons (Fsp3) is 0.172. The zero-order chi connectivity index (χ0) is 22.0. The van der Waals surface area contributed by atoms with Crippen molar-refractivity contribution in [3.05, 3.63) is 131 Å². The Labute approximate surface area is 190 Å². The summed E-state index contributed by atoms with van der Waals surface area (Å²) >= 11 is 0. The van der Waals surface area contributed by atoms with Gasteiger partial charge in [-0.3, -0.25) is 0 Å². The largest absolute Gasteiger partial charge is 0.471 e. The number of para-hydroxylation sites is 1. The highest BCUT2D eigenvalue weighted by Crippen LogP contribution is 2.50. The second kappa shape index (κ2) is 8.52. The highest BCUT2D eigenvalue weighted by atomic mass is 16.5. The fourth-order valence-corrected chi connectivity index (χ4v) is 4.94. The van der Waals surface area contributed by atoms with Gasteiger partial charge in [-0.15, -0.1) is 0 Å². The number of anilines is 1. The lowest BCUT2D eigenvalue weighted by Crippen LogP contribution is -2.48. The molecule has 0 spiro atoms. The molecule has 5 rings (SSSR count). The molecule has 0 amide bonds. The van der Waals surface area contributed by atoms with Crippen molar-refractivity contribution < 1.29 is 4.74 Å². The molecule has 0 radical (unpaired) electrons. The van der Waals surface area contributed by atoms with E-state index in [1.165, 1.54) is 16.7 Å². The maximum Gasteiger partial charge on any atom is 0.162 e. The van der Waals surface area contributed by atoms with E-state index in [4.69, 9.17) is 10.5 Å². The summed E-state index contributed by atoms with van der Waals surface area (Å²) in [6.07, 6.45) is 0.784. The van der Waals surface area contributed by atoms with Crippen molar-refractivity contribution in [2.75, 3.05) is 11.6 Å². The van der Waals surface area contributed by atoms with Crippen LogP contribution < -0.4 is 15.4 Å². The Balaban J connectivity index is 1.80. The monoisotopic (exact) mass is 420 g/mol. The van der Waals surface area contributed by atoms with Crippen LogP contribution >= 0.6 is 0 Å². The number of rotatable bonds is 6. The molecule has 1 atom stereocenters. The summed E-state index contributed by atoms with van der Waals surface area (Å²) in [5, 5.41) is 0. The number of fused-ring (bicyclic) bond motifs is 1. The molecule has 4 aromatic rings. The molecule has 32 heavy (non-hydrogen) atoms. The van der Waals surface area contributed by atoms with Crippen molar-refractivity contribution >= 4 is 5.69 Å². The first-order valence-corrected chi connectivity index (χ1v) is 11.2. The van der Waals surface area contributed by atoms with Crippen LogP contribution in [0.4, 0.5) is 5.69 Å². The molecule has 0 aromatic heterocycles. The normalized spacial score (nSPS) is 14.0. The van der Waals surface area contributed by atoms with Crippen LogP contribution in [0.5, 0.6) is 5.75 Å². The maximum absolute atomic E-state index is 6.38. The molecule has 1 heterocycles. The van der Waals surface area contributed by atoms with Gasteiger partial charge in [-0.1, -0.05) is 103 Å². The Bertz CT molecular complexity index is 1080. The molecule has 2 N–H and O–H groups in total. The van der Waals surface area contributed by atoms with E-state index in [0.717, 1.165) is 23.4 Å². The zero-order valence-corrected chi connectivity index (χ0v) is 18.3. The Morgan fingerprint density at radius 2 is 1.25 bits per heavy atom. The summed E-state index contributed by atoms with van der Waals surface area (Å²) in [7, 11) is 0. The molecular weight excluding hydrogens is 392 g/mol. The van der Waals surface area contributed by atoms with Gasteiger partial charge in [-0.05, 0) is 41.7 Å². The van der Waals surface area contributed by atoms with Crippen molar-refractivity contribution in [2.45, 2.75) is 24.9 Å². The van der Waals surface area contributed by atoms with Crippen LogP contribution in [0.25, 0.3) is 0 Å². The average molecular weight is 421 g/mol. The number of benzene rings is 4. The van der Waals surface area contributed by atoms with E-state index in [1.807, 2.05) is 6.92 Å². The van der Waals surface area contributed by atoms with Crippen molar-refractivity contribution in [1.82, 2.24) is 0 Å². The molecule has 0 saturated carbocycles. The molecule has 0 aliphatic carbocycles. The van der Waals surface area contributed by atoms with E-state index in [1.54, 1.807) is 0 Å². The van der Waals surface area contributed by atoms with Gasteiger partial charge in [0.2, 0.25) is 0 Å². The second-order valence-corrected chi connectivity index (χ2v) is 8.46. The third-order valence-corrected chi connectivity index (χ3v) is 6.23. The minimum absolute atomic E-state index is 0.0706. The molecule has 3 heteroatoms. The zero-order valence-electron chi connectivity index (χ0n) is 18.3.